The highest BCUT2D eigenvalue weighted by Gasteiger charge is 2.32. The molecule has 0 bridgehead atoms. The van der Waals surface area contributed by atoms with Gasteiger partial charge in [0.15, 0.2) is 5.69 Å². The molecule has 1 unspecified atom stereocenters. The van der Waals surface area contributed by atoms with Crippen molar-refractivity contribution in [3.05, 3.63) is 11.9 Å². The van der Waals surface area contributed by atoms with Gasteiger partial charge < -0.3 is 15.1 Å². The van der Waals surface area contributed by atoms with Crippen molar-refractivity contribution in [2.75, 3.05) is 39.3 Å². The Morgan fingerprint density at radius 3 is 2.52 bits per heavy atom. The van der Waals surface area contributed by atoms with Crippen molar-refractivity contribution >= 4 is 30.7 Å². The number of hydrogen-bond donors (Lipinski definition) is 1. The molecule has 1 atom stereocenters. The number of nitrogens with zero attached hydrogens (tertiary/aromatic N) is 5. The molecule has 0 spiro atoms. The lowest BCUT2D eigenvalue weighted by Crippen LogP contribution is -2.44. The Morgan fingerprint density at radius 2 is 1.78 bits per heavy atom. The molecule has 3 fully saturated rings. The second-order valence-electron chi connectivity index (χ2n) is 7.72. The van der Waals surface area contributed by atoms with Gasteiger partial charge in [0.05, 0.1) is 12.2 Å². The van der Waals surface area contributed by atoms with E-state index in [0.29, 0.717) is 17.8 Å². The molecule has 1 aromatic heterocycles. The molecule has 3 aliphatic rings. The van der Waals surface area contributed by atoms with E-state index in [-0.39, 0.29) is 30.7 Å². The smallest absolute Gasteiger partial charge is 0.276 e. The minimum atomic E-state index is 0. The van der Waals surface area contributed by atoms with Crippen molar-refractivity contribution in [3.63, 3.8) is 0 Å². The molecule has 1 amide bonds. The number of piperidine rings is 2. The first-order valence-corrected chi connectivity index (χ1v) is 9.97. The van der Waals surface area contributed by atoms with Crippen molar-refractivity contribution in [3.8, 4) is 0 Å². The summed E-state index contributed by atoms with van der Waals surface area (Å²) in [5, 5.41) is 11.8. The number of likely N-dealkylation sites (tertiary alicyclic amines) is 2. The van der Waals surface area contributed by atoms with Crippen LogP contribution in [0.5, 0.6) is 0 Å². The molecule has 154 valence electrons. The minimum Gasteiger partial charge on any atom is -0.333 e. The molecule has 7 nitrogen and oxygen atoms in total. The summed E-state index contributed by atoms with van der Waals surface area (Å²) < 4.78 is 1.91. The van der Waals surface area contributed by atoms with Gasteiger partial charge in [0.1, 0.15) is 0 Å². The van der Waals surface area contributed by atoms with Gasteiger partial charge in [-0.15, -0.1) is 29.9 Å². The lowest BCUT2D eigenvalue weighted by Gasteiger charge is -2.32. The van der Waals surface area contributed by atoms with Crippen LogP contribution in [0.2, 0.25) is 0 Å². The van der Waals surface area contributed by atoms with Crippen molar-refractivity contribution in [2.24, 2.45) is 0 Å². The lowest BCUT2D eigenvalue weighted by atomic mass is 10.1. The van der Waals surface area contributed by atoms with E-state index in [1.54, 1.807) is 0 Å². The number of halogens is 2. The quantitative estimate of drug-likeness (QED) is 0.810. The molecule has 9 heteroatoms. The largest absolute Gasteiger partial charge is 0.333 e. The number of aromatic nitrogens is 3. The first-order chi connectivity index (χ1) is 12.3. The van der Waals surface area contributed by atoms with Crippen LogP contribution in [0.1, 0.15) is 61.5 Å². The Hall–Kier alpha value is -0.890. The predicted octanol–water partition coefficient (Wildman–Crippen LogP) is 2.14. The van der Waals surface area contributed by atoms with Gasteiger partial charge in [0.25, 0.3) is 5.91 Å². The molecule has 3 saturated heterocycles. The van der Waals surface area contributed by atoms with Crippen LogP contribution in [0.15, 0.2) is 6.20 Å². The third-order valence-corrected chi connectivity index (χ3v) is 5.97. The Morgan fingerprint density at radius 1 is 1.04 bits per heavy atom. The summed E-state index contributed by atoms with van der Waals surface area (Å²) in [5.41, 5.74) is 0.518. The highest BCUT2D eigenvalue weighted by Crippen LogP contribution is 2.23. The SMILES string of the molecule is Cl.Cl.O=C(c1cn(C2CCNCC2)nn1)N1CCCC1CN1CCCCC1. The normalized spacial score (nSPS) is 24.3. The van der Waals surface area contributed by atoms with Gasteiger partial charge in [-0.1, -0.05) is 11.6 Å². The van der Waals surface area contributed by atoms with Gasteiger partial charge in [-0.3, -0.25) is 4.79 Å². The third kappa shape index (κ3) is 5.34. The van der Waals surface area contributed by atoms with Crippen LogP contribution in [-0.2, 0) is 0 Å². The average molecular weight is 419 g/mol. The molecule has 4 rings (SSSR count). The maximum absolute atomic E-state index is 13.0. The van der Waals surface area contributed by atoms with Crippen molar-refractivity contribution < 1.29 is 4.79 Å². The summed E-state index contributed by atoms with van der Waals surface area (Å²) in [7, 11) is 0. The fourth-order valence-corrected chi connectivity index (χ4v) is 4.50. The highest BCUT2D eigenvalue weighted by atomic mass is 35.5. The highest BCUT2D eigenvalue weighted by molar-refractivity contribution is 5.92. The van der Waals surface area contributed by atoms with E-state index in [0.717, 1.165) is 51.9 Å². The van der Waals surface area contributed by atoms with E-state index in [1.807, 2.05) is 15.8 Å². The molecule has 0 saturated carbocycles. The van der Waals surface area contributed by atoms with E-state index in [2.05, 4.69) is 20.5 Å². The van der Waals surface area contributed by atoms with Crippen molar-refractivity contribution in [1.82, 2.24) is 30.1 Å². The topological polar surface area (TPSA) is 66.3 Å². The molecule has 3 aliphatic heterocycles. The summed E-state index contributed by atoms with van der Waals surface area (Å²) in [6, 6.07) is 0.715. The van der Waals surface area contributed by atoms with Gasteiger partial charge in [0, 0.05) is 19.1 Å². The standard InChI is InChI=1S/C18H30N6O.2ClH/c25-18(17-14-24(21-20-17)15-6-8-19-9-7-15)23-12-4-5-16(23)13-22-10-2-1-3-11-22;;/h14-16,19H,1-13H2;2*1H. The molecule has 4 heterocycles. The number of rotatable bonds is 4. The Balaban J connectivity index is 0.00000131. The second-order valence-corrected chi connectivity index (χ2v) is 7.72. The summed E-state index contributed by atoms with van der Waals surface area (Å²) in [6.45, 7) is 6.27. The number of carbonyl (C=O) groups is 1. The summed E-state index contributed by atoms with van der Waals surface area (Å²) in [6.07, 6.45) is 10.1. The molecular weight excluding hydrogens is 387 g/mol. The monoisotopic (exact) mass is 418 g/mol. The zero-order valence-electron chi connectivity index (χ0n) is 15.9. The molecule has 0 aliphatic carbocycles. The summed E-state index contributed by atoms with van der Waals surface area (Å²) in [4.78, 5) is 17.6. The molecule has 27 heavy (non-hydrogen) atoms. The fraction of sp³-hybridized carbons (Fsp3) is 0.833. The van der Waals surface area contributed by atoms with Crippen LogP contribution in [0.25, 0.3) is 0 Å². The third-order valence-electron chi connectivity index (χ3n) is 5.97. The summed E-state index contributed by atoms with van der Waals surface area (Å²) >= 11 is 0. The minimum absolute atomic E-state index is 0. The number of carbonyl (C=O) groups excluding carboxylic acids is 1. The van der Waals surface area contributed by atoms with Crippen LogP contribution < -0.4 is 5.32 Å². The average Bonchev–Trinajstić information content (AvgIpc) is 3.32. The second kappa shape index (κ2) is 10.6. The Bertz CT molecular complexity index is 586. The zero-order valence-corrected chi connectivity index (χ0v) is 17.5. The van der Waals surface area contributed by atoms with Crippen LogP contribution in [0.3, 0.4) is 0 Å². The number of hydrogen-bond acceptors (Lipinski definition) is 5. The zero-order chi connectivity index (χ0) is 17.1. The molecule has 1 aromatic rings. The van der Waals surface area contributed by atoms with E-state index in [4.69, 9.17) is 0 Å². The number of nitrogens with one attached hydrogen (secondary N) is 1. The molecule has 0 radical (unpaired) electrons. The maximum atomic E-state index is 13.0. The molecule has 0 aromatic carbocycles. The van der Waals surface area contributed by atoms with Crippen LogP contribution in [0.4, 0.5) is 0 Å². The summed E-state index contributed by atoms with van der Waals surface area (Å²) in [5.74, 6) is 0.0692. The van der Waals surface area contributed by atoms with Gasteiger partial charge in [-0.05, 0) is 64.7 Å². The number of amides is 1. The van der Waals surface area contributed by atoms with Gasteiger partial charge >= 0.3 is 0 Å². The fourth-order valence-electron chi connectivity index (χ4n) is 4.50. The molecular formula is C18H32Cl2N6O. The van der Waals surface area contributed by atoms with Crippen LogP contribution >= 0.6 is 24.8 Å². The molecule has 1 N–H and O–H groups in total. The Kier molecular flexibility index (Phi) is 8.79. The van der Waals surface area contributed by atoms with Crippen molar-refractivity contribution in [1.29, 1.82) is 0 Å². The van der Waals surface area contributed by atoms with Crippen LogP contribution in [-0.4, -0.2) is 76.0 Å². The van der Waals surface area contributed by atoms with E-state index < -0.39 is 0 Å². The van der Waals surface area contributed by atoms with Gasteiger partial charge in [-0.25, -0.2) is 4.68 Å². The first kappa shape index (κ1) is 22.4. The predicted molar refractivity (Wildman–Crippen MR) is 110 cm³/mol. The van der Waals surface area contributed by atoms with Gasteiger partial charge in [-0.2, -0.15) is 0 Å². The Labute approximate surface area is 174 Å². The van der Waals surface area contributed by atoms with Crippen molar-refractivity contribution in [2.45, 2.75) is 57.0 Å². The maximum Gasteiger partial charge on any atom is 0.276 e. The lowest BCUT2D eigenvalue weighted by molar-refractivity contribution is 0.0684. The van der Waals surface area contributed by atoms with E-state index >= 15 is 0 Å². The first-order valence-electron chi connectivity index (χ1n) is 9.97. The van der Waals surface area contributed by atoms with Gasteiger partial charge in [0.2, 0.25) is 0 Å². The van der Waals surface area contributed by atoms with E-state index in [1.165, 1.54) is 32.4 Å². The van der Waals surface area contributed by atoms with Crippen LogP contribution in [0, 0.1) is 0 Å². The van der Waals surface area contributed by atoms with E-state index in [9.17, 15) is 4.79 Å².